The van der Waals surface area contributed by atoms with Crippen molar-refractivity contribution in [2.24, 2.45) is 5.73 Å². The molecule has 1 atom stereocenters. The summed E-state index contributed by atoms with van der Waals surface area (Å²) in [5.41, 5.74) is 7.11. The third-order valence-corrected chi connectivity index (χ3v) is 2.83. The molecule has 2 N–H and O–H groups in total. The summed E-state index contributed by atoms with van der Waals surface area (Å²) in [4.78, 5) is 2.58. The van der Waals surface area contributed by atoms with Crippen molar-refractivity contribution in [2.75, 3.05) is 0 Å². The smallest absolute Gasteiger partial charge is 0.0427 e. The van der Waals surface area contributed by atoms with Crippen molar-refractivity contribution >= 4 is 11.3 Å². The summed E-state index contributed by atoms with van der Waals surface area (Å²) in [5, 5.41) is 0. The van der Waals surface area contributed by atoms with Gasteiger partial charge in [0.15, 0.2) is 0 Å². The normalized spacial score (nSPS) is 12.9. The number of nitrogens with two attached hydrogens (primary N) is 1. The molecule has 1 aromatic rings. The fourth-order valence-corrected chi connectivity index (χ4v) is 2.01. The number of rotatable bonds is 3. The minimum Gasteiger partial charge on any atom is -0.323 e. The zero-order chi connectivity index (χ0) is 9.14. The lowest BCUT2D eigenvalue weighted by Crippen LogP contribution is -2.08. The molecule has 0 aromatic carbocycles. The zero-order valence-electron chi connectivity index (χ0n) is 7.63. The van der Waals surface area contributed by atoms with E-state index in [4.69, 9.17) is 5.73 Å². The van der Waals surface area contributed by atoms with Gasteiger partial charge in [-0.2, -0.15) is 0 Å². The monoisotopic (exact) mass is 181 g/mol. The van der Waals surface area contributed by atoms with Crippen molar-refractivity contribution in [3.8, 4) is 0 Å². The van der Waals surface area contributed by atoms with Crippen molar-refractivity contribution in [1.82, 2.24) is 0 Å². The molecule has 1 aromatic heterocycles. The van der Waals surface area contributed by atoms with E-state index in [9.17, 15) is 0 Å². The number of hydrogen-bond donors (Lipinski definition) is 1. The van der Waals surface area contributed by atoms with Crippen LogP contribution in [0, 0.1) is 6.92 Å². The first kappa shape index (κ1) is 9.49. The molecule has 0 fully saturated rings. The van der Waals surface area contributed by atoms with E-state index < -0.39 is 0 Å². The van der Waals surface area contributed by atoms with Gasteiger partial charge in [-0.25, -0.2) is 0 Å². The van der Waals surface area contributed by atoms with Crippen LogP contribution in [-0.2, 0) is 0 Å². The first-order chi connectivity index (χ1) is 5.59. The predicted octanol–water partition coefficient (Wildman–Crippen LogP) is 3.02. The van der Waals surface area contributed by atoms with Gasteiger partial charge >= 0.3 is 0 Å². The Labute approximate surface area is 77.9 Å². The Morgan fingerprint density at radius 1 is 1.67 bits per heavy atom. The van der Waals surface area contributed by atoms with Gasteiger partial charge in [0, 0.05) is 15.8 Å². The highest BCUT2D eigenvalue weighted by Gasteiger charge is 2.07. The topological polar surface area (TPSA) is 26.0 Å². The highest BCUT2D eigenvalue weighted by atomic mass is 32.1. The lowest BCUT2D eigenvalue weighted by molar-refractivity contribution is 0.731. The van der Waals surface area contributed by atoms with Gasteiger partial charge in [0.05, 0.1) is 0 Å². The molecule has 0 spiro atoms. The highest BCUT2D eigenvalue weighted by molar-refractivity contribution is 7.12. The Balaban J connectivity index is 2.64. The Kier molecular flexibility index (Phi) is 3.06. The molecule has 66 valence electrons. The maximum absolute atomic E-state index is 5.96. The Morgan fingerprint density at radius 2 is 2.33 bits per heavy atom. The molecule has 1 rings (SSSR count). The first-order valence-corrected chi connectivity index (χ1v) is 4.87. The maximum Gasteiger partial charge on any atom is 0.0427 e. The second kappa shape index (κ2) is 3.87. The summed E-state index contributed by atoms with van der Waals surface area (Å²) in [7, 11) is 0. The molecule has 1 heterocycles. The van der Waals surface area contributed by atoms with Crippen molar-refractivity contribution in [3.63, 3.8) is 0 Å². The van der Waals surface area contributed by atoms with E-state index >= 15 is 0 Å². The van der Waals surface area contributed by atoms with E-state index in [1.54, 1.807) is 11.3 Å². The largest absolute Gasteiger partial charge is 0.323 e. The molecule has 0 aliphatic heterocycles. The van der Waals surface area contributed by atoms with Crippen LogP contribution < -0.4 is 5.73 Å². The van der Waals surface area contributed by atoms with Gasteiger partial charge in [-0.3, -0.25) is 0 Å². The van der Waals surface area contributed by atoms with Gasteiger partial charge in [0.1, 0.15) is 0 Å². The molecule has 1 nitrogen and oxygen atoms in total. The van der Waals surface area contributed by atoms with Gasteiger partial charge < -0.3 is 5.73 Å². The van der Waals surface area contributed by atoms with Gasteiger partial charge in [-0.1, -0.05) is 5.57 Å². The fourth-order valence-electron chi connectivity index (χ4n) is 1.13. The van der Waals surface area contributed by atoms with Crippen LogP contribution in [0.4, 0.5) is 0 Å². The zero-order valence-corrected chi connectivity index (χ0v) is 8.45. The van der Waals surface area contributed by atoms with Crippen LogP contribution in [0.1, 0.15) is 29.1 Å². The Bertz CT molecular complexity index is 275. The Hall–Kier alpha value is -0.600. The Morgan fingerprint density at radius 3 is 2.75 bits per heavy atom. The van der Waals surface area contributed by atoms with E-state index in [2.05, 4.69) is 25.6 Å². The summed E-state index contributed by atoms with van der Waals surface area (Å²) >= 11 is 1.77. The van der Waals surface area contributed by atoms with Crippen LogP contribution in [0.15, 0.2) is 24.3 Å². The molecule has 0 saturated carbocycles. The molecule has 0 bridgehead atoms. The van der Waals surface area contributed by atoms with E-state index in [1.807, 2.05) is 6.92 Å². The quantitative estimate of drug-likeness (QED) is 0.713. The van der Waals surface area contributed by atoms with Crippen LogP contribution in [0.25, 0.3) is 0 Å². The van der Waals surface area contributed by atoms with Gasteiger partial charge in [0.25, 0.3) is 0 Å². The standard InChI is InChI=1S/C10H15NS/c1-7(2)6-9(11)10-5-4-8(3)12-10/h4-5,9H,1,6,11H2,2-3H3/t9-/m0/s1. The SMILES string of the molecule is C=C(C)C[C@H](N)c1ccc(C)s1. The third-order valence-electron chi connectivity index (χ3n) is 1.69. The molecule has 12 heavy (non-hydrogen) atoms. The van der Waals surface area contributed by atoms with Gasteiger partial charge in [-0.05, 0) is 32.4 Å². The lowest BCUT2D eigenvalue weighted by Gasteiger charge is -2.07. The third kappa shape index (κ3) is 2.47. The number of hydrogen-bond acceptors (Lipinski definition) is 2. The van der Waals surface area contributed by atoms with Crippen LogP contribution in [0.2, 0.25) is 0 Å². The summed E-state index contributed by atoms with van der Waals surface area (Å²) < 4.78 is 0. The average molecular weight is 181 g/mol. The summed E-state index contributed by atoms with van der Waals surface area (Å²) in [6.45, 7) is 7.97. The molecule has 0 aliphatic carbocycles. The van der Waals surface area contributed by atoms with Crippen molar-refractivity contribution < 1.29 is 0 Å². The lowest BCUT2D eigenvalue weighted by atomic mass is 10.1. The molecule has 0 amide bonds. The molecule has 0 radical (unpaired) electrons. The molecule has 0 unspecified atom stereocenters. The molecular formula is C10H15NS. The summed E-state index contributed by atoms with van der Waals surface area (Å²) in [6.07, 6.45) is 0.889. The molecule has 0 aliphatic rings. The van der Waals surface area contributed by atoms with E-state index in [-0.39, 0.29) is 6.04 Å². The summed E-state index contributed by atoms with van der Waals surface area (Å²) in [5.74, 6) is 0. The number of aryl methyl sites for hydroxylation is 1. The molecule has 0 saturated heterocycles. The van der Waals surface area contributed by atoms with Crippen molar-refractivity contribution in [1.29, 1.82) is 0 Å². The number of thiophene rings is 1. The van der Waals surface area contributed by atoms with E-state index in [0.717, 1.165) is 12.0 Å². The average Bonchev–Trinajstić information content (AvgIpc) is 2.34. The van der Waals surface area contributed by atoms with Crippen LogP contribution >= 0.6 is 11.3 Å². The fraction of sp³-hybridized carbons (Fsp3) is 0.400. The predicted molar refractivity (Wildman–Crippen MR) is 55.4 cm³/mol. The van der Waals surface area contributed by atoms with E-state index in [1.165, 1.54) is 9.75 Å². The summed E-state index contributed by atoms with van der Waals surface area (Å²) in [6, 6.07) is 4.35. The van der Waals surface area contributed by atoms with Gasteiger partial charge in [0.2, 0.25) is 0 Å². The van der Waals surface area contributed by atoms with Gasteiger partial charge in [-0.15, -0.1) is 17.9 Å². The highest BCUT2D eigenvalue weighted by Crippen LogP contribution is 2.24. The maximum atomic E-state index is 5.96. The van der Waals surface area contributed by atoms with Crippen molar-refractivity contribution in [2.45, 2.75) is 26.3 Å². The minimum atomic E-state index is 0.140. The second-order valence-corrected chi connectivity index (χ2v) is 4.54. The van der Waals surface area contributed by atoms with Crippen molar-refractivity contribution in [3.05, 3.63) is 34.0 Å². The molecular weight excluding hydrogens is 166 g/mol. The second-order valence-electron chi connectivity index (χ2n) is 3.22. The first-order valence-electron chi connectivity index (χ1n) is 4.06. The van der Waals surface area contributed by atoms with Crippen LogP contribution in [0.5, 0.6) is 0 Å². The molecule has 2 heteroatoms. The minimum absolute atomic E-state index is 0.140. The van der Waals surface area contributed by atoms with Crippen LogP contribution in [-0.4, -0.2) is 0 Å². The van der Waals surface area contributed by atoms with Crippen LogP contribution in [0.3, 0.4) is 0 Å². The van der Waals surface area contributed by atoms with E-state index in [0.29, 0.717) is 0 Å².